The third kappa shape index (κ3) is 4.21. The Morgan fingerprint density at radius 2 is 1.66 bits per heavy atom. The van der Waals surface area contributed by atoms with Gasteiger partial charge in [0.1, 0.15) is 11.5 Å². The molecule has 3 saturated carbocycles. The predicted molar refractivity (Wildman–Crippen MR) is 150 cm³/mol. The average Bonchev–Trinajstić information content (AvgIpc) is 3.29. The highest BCUT2D eigenvalue weighted by Crippen LogP contribution is 2.74. The first kappa shape index (κ1) is 27.4. The van der Waals surface area contributed by atoms with Crippen molar-refractivity contribution in [3.05, 3.63) is 53.6 Å². The number of hydrogen-bond donors (Lipinski definition) is 0. The summed E-state index contributed by atoms with van der Waals surface area (Å²) in [7, 11) is 1.39. The maximum atomic E-state index is 13.9. The Labute approximate surface area is 238 Å². The second-order valence-corrected chi connectivity index (χ2v) is 13.7. The average molecular weight is 562 g/mol. The monoisotopic (exact) mass is 561 g/mol. The van der Waals surface area contributed by atoms with Crippen LogP contribution >= 0.6 is 0 Å². The number of halogens is 1. The minimum atomic E-state index is -0.621. The zero-order chi connectivity index (χ0) is 29.5. The molecule has 1 aromatic carbocycles. The summed E-state index contributed by atoms with van der Waals surface area (Å²) in [5, 5.41) is 4.72. The Kier molecular flexibility index (Phi) is 5.90. The predicted octanol–water partition coefficient (Wildman–Crippen LogP) is 4.24. The lowest BCUT2D eigenvalue weighted by Crippen LogP contribution is -2.73. The van der Waals surface area contributed by atoms with E-state index in [2.05, 4.69) is 20.8 Å². The minimum Gasteiger partial charge on any atom is -0.469 e. The molecule has 4 aliphatic rings. The van der Waals surface area contributed by atoms with Crippen molar-refractivity contribution in [2.75, 3.05) is 26.7 Å². The number of piperazine rings is 1. The molecular formula is C31H36FN5O4. The highest BCUT2D eigenvalue weighted by molar-refractivity contribution is 5.95. The van der Waals surface area contributed by atoms with Crippen molar-refractivity contribution in [1.82, 2.24) is 24.4 Å². The summed E-state index contributed by atoms with van der Waals surface area (Å²) in [6.45, 7) is 11.4. The quantitative estimate of drug-likeness (QED) is 0.442. The van der Waals surface area contributed by atoms with Crippen LogP contribution in [0.1, 0.15) is 69.9 Å². The molecule has 216 valence electrons. The molecule has 0 radical (unpaired) electrons. The lowest BCUT2D eigenvalue weighted by molar-refractivity contribution is -0.229. The summed E-state index contributed by atoms with van der Waals surface area (Å²) in [6, 6.07) is 8.12. The molecule has 2 amide bonds. The fourth-order valence-corrected chi connectivity index (χ4v) is 7.02. The van der Waals surface area contributed by atoms with E-state index in [0.717, 1.165) is 11.1 Å². The van der Waals surface area contributed by atoms with Gasteiger partial charge in [-0.15, -0.1) is 0 Å². The number of fused-ring (bicyclic) bond motifs is 1. The molecule has 0 spiro atoms. The van der Waals surface area contributed by atoms with Gasteiger partial charge in [0, 0.05) is 30.8 Å². The number of rotatable bonds is 4. The number of esters is 1. The zero-order valence-electron chi connectivity index (χ0n) is 24.5. The maximum absolute atomic E-state index is 13.9. The van der Waals surface area contributed by atoms with Crippen LogP contribution in [0.5, 0.6) is 0 Å². The van der Waals surface area contributed by atoms with Crippen molar-refractivity contribution in [2.45, 2.75) is 64.8 Å². The molecule has 3 aromatic rings. The van der Waals surface area contributed by atoms with Gasteiger partial charge in [0.25, 0.3) is 5.91 Å². The molecule has 7 rings (SSSR count). The third-order valence-electron chi connectivity index (χ3n) is 9.13. The molecule has 3 aliphatic carbocycles. The minimum absolute atomic E-state index is 0.0727. The van der Waals surface area contributed by atoms with Gasteiger partial charge >= 0.3 is 5.97 Å². The maximum Gasteiger partial charge on any atom is 0.311 e. The first-order chi connectivity index (χ1) is 19.2. The second kappa shape index (κ2) is 8.84. The Bertz CT molecular complexity index is 1570. The summed E-state index contributed by atoms with van der Waals surface area (Å²) >= 11 is 0. The molecule has 10 heteroatoms. The van der Waals surface area contributed by atoms with Gasteiger partial charge in [0.15, 0.2) is 5.65 Å². The van der Waals surface area contributed by atoms with Crippen LogP contribution in [0.25, 0.3) is 16.9 Å². The smallest absolute Gasteiger partial charge is 0.311 e. The van der Waals surface area contributed by atoms with E-state index in [1.165, 1.54) is 19.2 Å². The number of carbonyl (C=O) groups excluding carboxylic acids is 3. The summed E-state index contributed by atoms with van der Waals surface area (Å²) in [6.07, 6.45) is 3.31. The van der Waals surface area contributed by atoms with Crippen molar-refractivity contribution in [2.24, 2.45) is 10.8 Å². The molecule has 1 saturated heterocycles. The number of ether oxygens (including phenoxy) is 1. The van der Waals surface area contributed by atoms with Gasteiger partial charge in [-0.25, -0.2) is 13.9 Å². The largest absolute Gasteiger partial charge is 0.469 e. The third-order valence-corrected chi connectivity index (χ3v) is 9.13. The molecule has 1 aliphatic heterocycles. The van der Waals surface area contributed by atoms with Gasteiger partial charge in [-0.2, -0.15) is 5.10 Å². The fraction of sp³-hybridized carbons (Fsp3) is 0.516. The molecular weight excluding hydrogens is 525 g/mol. The lowest BCUT2D eigenvalue weighted by atomic mass is 9.34. The van der Waals surface area contributed by atoms with Crippen LogP contribution in [0.4, 0.5) is 4.39 Å². The van der Waals surface area contributed by atoms with E-state index in [9.17, 15) is 18.8 Å². The summed E-state index contributed by atoms with van der Waals surface area (Å²) < 4.78 is 20.1. The first-order valence-corrected chi connectivity index (χ1v) is 14.0. The van der Waals surface area contributed by atoms with Crippen molar-refractivity contribution in [3.8, 4) is 11.3 Å². The lowest BCUT2D eigenvalue weighted by Gasteiger charge is -2.68. The van der Waals surface area contributed by atoms with Crippen LogP contribution in [0.3, 0.4) is 0 Å². The van der Waals surface area contributed by atoms with Crippen molar-refractivity contribution >= 4 is 23.4 Å². The number of imidazole rings is 1. The van der Waals surface area contributed by atoms with E-state index in [-0.39, 0.29) is 34.7 Å². The molecule has 4 fully saturated rings. The van der Waals surface area contributed by atoms with Gasteiger partial charge in [-0.05, 0) is 68.9 Å². The van der Waals surface area contributed by atoms with Gasteiger partial charge in [-0.3, -0.25) is 14.4 Å². The van der Waals surface area contributed by atoms with Crippen LogP contribution in [-0.4, -0.2) is 74.5 Å². The van der Waals surface area contributed by atoms with Crippen LogP contribution in [0, 0.1) is 16.6 Å². The number of nitrogens with zero attached hydrogens (tertiary/aromatic N) is 5. The van der Waals surface area contributed by atoms with Crippen LogP contribution in [-0.2, 0) is 19.7 Å². The van der Waals surface area contributed by atoms with E-state index < -0.39 is 16.4 Å². The standard InChI is InChI=1S/C31H36FN5O4/c1-28(2,3)21-13-22(19-7-9-20(32)10-8-19)34-37-14-23(33-24(21)37)25(38)36-12-11-35(18-29(36,4)5)26(39)30-15-31(16-30,17-30)27(40)41-6/h7-10,13-14H,11-12,15-18H2,1-6H3. The highest BCUT2D eigenvalue weighted by Gasteiger charge is 2.76. The van der Waals surface area contributed by atoms with E-state index in [1.54, 1.807) is 27.7 Å². The summed E-state index contributed by atoms with van der Waals surface area (Å²) in [5.41, 5.74) is 1.38. The second-order valence-electron chi connectivity index (χ2n) is 13.7. The van der Waals surface area contributed by atoms with Gasteiger partial charge < -0.3 is 14.5 Å². The Balaban J connectivity index is 1.24. The van der Waals surface area contributed by atoms with Crippen molar-refractivity contribution in [3.63, 3.8) is 0 Å². The SMILES string of the molecule is COC(=O)C12CC(C(=O)N3CCN(C(=O)c4cn5nc(-c6ccc(F)cc6)cc(C(C)(C)C)c5n4)C(C)(C)C3)(C1)C2. The summed E-state index contributed by atoms with van der Waals surface area (Å²) in [5.74, 6) is -0.682. The van der Waals surface area contributed by atoms with Gasteiger partial charge in [0.05, 0.1) is 35.4 Å². The molecule has 41 heavy (non-hydrogen) atoms. The number of hydrogen-bond acceptors (Lipinski definition) is 6. The Morgan fingerprint density at radius 1 is 1.00 bits per heavy atom. The molecule has 0 atom stereocenters. The van der Waals surface area contributed by atoms with E-state index >= 15 is 0 Å². The topological polar surface area (TPSA) is 97.1 Å². The molecule has 9 nitrogen and oxygen atoms in total. The molecule has 2 aromatic heterocycles. The number of carbonyl (C=O) groups is 3. The number of methoxy groups -OCH3 is 1. The van der Waals surface area contributed by atoms with E-state index in [1.807, 2.05) is 24.8 Å². The zero-order valence-corrected chi connectivity index (χ0v) is 24.5. The normalized spacial score (nSPS) is 25.0. The Hall–Kier alpha value is -3.82. The number of benzene rings is 1. The van der Waals surface area contributed by atoms with Crippen LogP contribution < -0.4 is 0 Å². The molecule has 0 N–H and O–H groups in total. The molecule has 2 bridgehead atoms. The number of aromatic nitrogens is 3. The number of amides is 2. The van der Waals surface area contributed by atoms with Gasteiger partial charge in [-0.1, -0.05) is 20.8 Å². The molecule has 3 heterocycles. The Morgan fingerprint density at radius 3 is 2.24 bits per heavy atom. The summed E-state index contributed by atoms with van der Waals surface area (Å²) in [4.78, 5) is 47.8. The highest BCUT2D eigenvalue weighted by atomic mass is 19.1. The van der Waals surface area contributed by atoms with Gasteiger partial charge in [0.2, 0.25) is 5.91 Å². The van der Waals surface area contributed by atoms with E-state index in [0.29, 0.717) is 50.2 Å². The van der Waals surface area contributed by atoms with Crippen LogP contribution in [0.15, 0.2) is 36.5 Å². The van der Waals surface area contributed by atoms with E-state index in [4.69, 9.17) is 14.8 Å². The van der Waals surface area contributed by atoms with Crippen molar-refractivity contribution < 1.29 is 23.5 Å². The van der Waals surface area contributed by atoms with Crippen LogP contribution in [0.2, 0.25) is 0 Å². The molecule has 0 unspecified atom stereocenters. The fourth-order valence-electron chi connectivity index (χ4n) is 7.02. The first-order valence-electron chi connectivity index (χ1n) is 14.0. The van der Waals surface area contributed by atoms with Crippen molar-refractivity contribution in [1.29, 1.82) is 0 Å².